The zero-order valence-corrected chi connectivity index (χ0v) is 12.5. The number of ether oxygens (including phenoxy) is 1. The Kier molecular flexibility index (Phi) is 12.5. The molecule has 0 bridgehead atoms. The normalized spacial score (nSPS) is 12.4. The molecule has 0 rings (SSSR count). The second kappa shape index (κ2) is 12.9. The number of carbonyl (C=O) groups excluding carboxylic acids is 1. The van der Waals surface area contributed by atoms with E-state index in [4.69, 9.17) is 0 Å². The molecule has 0 spiro atoms. The quantitative estimate of drug-likeness (QED) is 0.429. The molecule has 0 aliphatic carbocycles. The zero-order valence-electron chi connectivity index (χ0n) is 12.5. The van der Waals surface area contributed by atoms with Crippen LogP contribution in [0.3, 0.4) is 0 Å². The Morgan fingerprint density at radius 1 is 1.06 bits per heavy atom. The first-order chi connectivity index (χ1) is 8.72. The van der Waals surface area contributed by atoms with E-state index in [1.807, 2.05) is 6.92 Å². The minimum absolute atomic E-state index is 0.0379. The number of nitrogens with one attached hydrogen (secondary N) is 1. The number of esters is 1. The van der Waals surface area contributed by atoms with E-state index in [9.17, 15) is 4.79 Å². The summed E-state index contributed by atoms with van der Waals surface area (Å²) in [6, 6.07) is 0. The van der Waals surface area contributed by atoms with Crippen LogP contribution in [0.1, 0.15) is 65.2 Å². The van der Waals surface area contributed by atoms with Gasteiger partial charge in [0.2, 0.25) is 0 Å². The summed E-state index contributed by atoms with van der Waals surface area (Å²) < 4.78 is 4.68. The van der Waals surface area contributed by atoms with Crippen molar-refractivity contribution in [2.75, 3.05) is 20.2 Å². The molecule has 0 fully saturated rings. The Bertz CT molecular complexity index is 195. The zero-order chi connectivity index (χ0) is 13.6. The van der Waals surface area contributed by atoms with Gasteiger partial charge in [0.05, 0.1) is 13.0 Å². The van der Waals surface area contributed by atoms with E-state index in [1.54, 1.807) is 0 Å². The maximum Gasteiger partial charge on any atom is 0.309 e. The molecule has 0 amide bonds. The Morgan fingerprint density at radius 2 is 1.61 bits per heavy atom. The summed E-state index contributed by atoms with van der Waals surface area (Å²) in [4.78, 5) is 11.1. The first kappa shape index (κ1) is 17.4. The van der Waals surface area contributed by atoms with Crippen LogP contribution < -0.4 is 5.32 Å². The predicted octanol–water partition coefficient (Wildman–Crippen LogP) is 3.53. The van der Waals surface area contributed by atoms with Crippen molar-refractivity contribution in [3.63, 3.8) is 0 Å². The van der Waals surface area contributed by atoms with Crippen LogP contribution in [0.15, 0.2) is 0 Å². The van der Waals surface area contributed by atoms with Crippen LogP contribution in [0.2, 0.25) is 0 Å². The minimum atomic E-state index is -0.126. The molecule has 0 saturated carbocycles. The average molecular weight is 257 g/mol. The highest BCUT2D eigenvalue weighted by Crippen LogP contribution is 2.07. The molecular formula is C15H31NO2. The van der Waals surface area contributed by atoms with Crippen molar-refractivity contribution in [2.45, 2.75) is 65.2 Å². The number of hydrogen-bond donors (Lipinski definition) is 1. The van der Waals surface area contributed by atoms with Gasteiger partial charge in [0.1, 0.15) is 0 Å². The molecule has 1 unspecified atom stereocenters. The van der Waals surface area contributed by atoms with Gasteiger partial charge in [-0.2, -0.15) is 0 Å². The van der Waals surface area contributed by atoms with Gasteiger partial charge >= 0.3 is 5.97 Å². The highest BCUT2D eigenvalue weighted by molar-refractivity contribution is 5.71. The average Bonchev–Trinajstić information content (AvgIpc) is 2.39. The van der Waals surface area contributed by atoms with Gasteiger partial charge in [0.25, 0.3) is 0 Å². The molecule has 0 aromatic carbocycles. The maximum atomic E-state index is 11.1. The fourth-order valence-corrected chi connectivity index (χ4v) is 1.99. The Labute approximate surface area is 113 Å². The van der Waals surface area contributed by atoms with Gasteiger partial charge in [-0.1, -0.05) is 58.8 Å². The standard InChI is InChI=1S/C15H31NO2/c1-4-5-6-7-8-9-10-11-12-16-13-14(2)15(17)18-3/h14,16H,4-13H2,1-3H3. The van der Waals surface area contributed by atoms with Gasteiger partial charge in [-0.05, 0) is 13.0 Å². The third kappa shape index (κ3) is 10.6. The summed E-state index contributed by atoms with van der Waals surface area (Å²) in [5, 5.41) is 3.31. The molecule has 0 aliphatic rings. The van der Waals surface area contributed by atoms with Gasteiger partial charge in [-0.25, -0.2) is 0 Å². The summed E-state index contributed by atoms with van der Waals surface area (Å²) in [7, 11) is 1.44. The molecule has 1 atom stereocenters. The first-order valence-electron chi connectivity index (χ1n) is 7.50. The van der Waals surface area contributed by atoms with Crippen molar-refractivity contribution in [2.24, 2.45) is 5.92 Å². The summed E-state index contributed by atoms with van der Waals surface area (Å²) >= 11 is 0. The van der Waals surface area contributed by atoms with E-state index >= 15 is 0 Å². The van der Waals surface area contributed by atoms with Crippen LogP contribution in [0.4, 0.5) is 0 Å². The van der Waals surface area contributed by atoms with Gasteiger partial charge in [-0.3, -0.25) is 4.79 Å². The lowest BCUT2D eigenvalue weighted by atomic mass is 10.1. The van der Waals surface area contributed by atoms with Gasteiger partial charge < -0.3 is 10.1 Å². The summed E-state index contributed by atoms with van der Waals surface area (Å²) in [6.07, 6.45) is 10.7. The van der Waals surface area contributed by atoms with Gasteiger partial charge in [0.15, 0.2) is 0 Å². The highest BCUT2D eigenvalue weighted by Gasteiger charge is 2.11. The number of methoxy groups -OCH3 is 1. The lowest BCUT2D eigenvalue weighted by Gasteiger charge is -2.10. The monoisotopic (exact) mass is 257 g/mol. The van der Waals surface area contributed by atoms with Crippen molar-refractivity contribution >= 4 is 5.97 Å². The van der Waals surface area contributed by atoms with E-state index in [0.29, 0.717) is 0 Å². The second-order valence-electron chi connectivity index (χ2n) is 5.10. The molecule has 0 radical (unpaired) electrons. The first-order valence-corrected chi connectivity index (χ1v) is 7.50. The number of carbonyl (C=O) groups is 1. The van der Waals surface area contributed by atoms with Gasteiger partial charge in [0, 0.05) is 6.54 Å². The Hall–Kier alpha value is -0.570. The molecule has 3 heteroatoms. The fraction of sp³-hybridized carbons (Fsp3) is 0.933. The number of hydrogen-bond acceptors (Lipinski definition) is 3. The molecule has 0 aromatic heterocycles. The predicted molar refractivity (Wildman–Crippen MR) is 76.7 cm³/mol. The van der Waals surface area contributed by atoms with Gasteiger partial charge in [-0.15, -0.1) is 0 Å². The van der Waals surface area contributed by atoms with Crippen LogP contribution in [0.25, 0.3) is 0 Å². The van der Waals surface area contributed by atoms with Crippen molar-refractivity contribution in [1.29, 1.82) is 0 Å². The van der Waals surface area contributed by atoms with E-state index in [1.165, 1.54) is 58.5 Å². The number of unbranched alkanes of at least 4 members (excludes halogenated alkanes) is 7. The van der Waals surface area contributed by atoms with Crippen LogP contribution in [-0.4, -0.2) is 26.2 Å². The van der Waals surface area contributed by atoms with Crippen molar-refractivity contribution in [1.82, 2.24) is 5.32 Å². The van der Waals surface area contributed by atoms with E-state index < -0.39 is 0 Å². The van der Waals surface area contributed by atoms with Crippen molar-refractivity contribution in [3.05, 3.63) is 0 Å². The Morgan fingerprint density at radius 3 is 2.17 bits per heavy atom. The third-order valence-corrected chi connectivity index (χ3v) is 3.26. The smallest absolute Gasteiger partial charge is 0.309 e. The second-order valence-corrected chi connectivity index (χ2v) is 5.10. The van der Waals surface area contributed by atoms with E-state index in [2.05, 4.69) is 17.0 Å². The topological polar surface area (TPSA) is 38.3 Å². The SMILES string of the molecule is CCCCCCCCCCNCC(C)C(=O)OC. The molecule has 0 heterocycles. The molecule has 108 valence electrons. The fourth-order valence-electron chi connectivity index (χ4n) is 1.99. The Balaban J connectivity index is 3.14. The van der Waals surface area contributed by atoms with Crippen molar-refractivity contribution < 1.29 is 9.53 Å². The van der Waals surface area contributed by atoms with Crippen LogP contribution >= 0.6 is 0 Å². The lowest BCUT2D eigenvalue weighted by Crippen LogP contribution is -2.27. The summed E-state index contributed by atoms with van der Waals surface area (Å²) in [5.74, 6) is -0.164. The van der Waals surface area contributed by atoms with Crippen LogP contribution in [0.5, 0.6) is 0 Å². The van der Waals surface area contributed by atoms with Crippen molar-refractivity contribution in [3.8, 4) is 0 Å². The third-order valence-electron chi connectivity index (χ3n) is 3.26. The van der Waals surface area contributed by atoms with Crippen LogP contribution in [-0.2, 0) is 9.53 Å². The summed E-state index contributed by atoms with van der Waals surface area (Å²) in [5.41, 5.74) is 0. The molecule has 0 saturated heterocycles. The minimum Gasteiger partial charge on any atom is -0.469 e. The number of rotatable bonds is 12. The van der Waals surface area contributed by atoms with E-state index in [0.717, 1.165) is 13.1 Å². The highest BCUT2D eigenvalue weighted by atomic mass is 16.5. The molecule has 18 heavy (non-hydrogen) atoms. The largest absolute Gasteiger partial charge is 0.469 e. The maximum absolute atomic E-state index is 11.1. The molecule has 3 nitrogen and oxygen atoms in total. The lowest BCUT2D eigenvalue weighted by molar-refractivity contribution is -0.144. The molecular weight excluding hydrogens is 226 g/mol. The van der Waals surface area contributed by atoms with E-state index in [-0.39, 0.29) is 11.9 Å². The summed E-state index contributed by atoms with van der Waals surface area (Å²) in [6.45, 7) is 5.88. The molecule has 0 aliphatic heterocycles. The van der Waals surface area contributed by atoms with Crippen LogP contribution in [0, 0.1) is 5.92 Å². The molecule has 0 aromatic rings. The molecule has 1 N–H and O–H groups in total.